The standard InChI is InChI=1S/C28H23N5O3S2/c1-30-28(34)27-15-23-7-5-6-10-26(23)37(27)33(38(35,36)25-8-3-2-4-9-25)19-24-17-31-20-32(24)18-22-13-11-21(16-29)12-14-22/h2-15,17,20H,18-19H2,1H3/p+1. The normalized spacial score (nSPS) is 12.0. The lowest BCUT2D eigenvalue weighted by atomic mass is 10.1. The number of nitrogens with zero attached hydrogens (tertiary/aromatic N) is 4. The molecule has 2 heterocycles. The van der Waals surface area contributed by atoms with Crippen molar-refractivity contribution in [3.05, 3.63) is 119 Å². The predicted octanol–water partition coefficient (Wildman–Crippen LogP) is 4.59. The van der Waals surface area contributed by atoms with Crippen molar-refractivity contribution in [3.8, 4) is 6.07 Å². The van der Waals surface area contributed by atoms with Gasteiger partial charge >= 0.3 is 5.91 Å². The molecule has 2 aromatic heterocycles. The number of hydrogen-bond donors (Lipinski definition) is 1. The Hall–Kier alpha value is -4.30. The largest absolute Gasteiger partial charge is 0.351 e. The first-order chi connectivity index (χ1) is 18.4. The van der Waals surface area contributed by atoms with E-state index in [2.05, 4.69) is 16.4 Å². The van der Waals surface area contributed by atoms with Crippen LogP contribution in [0.1, 0.15) is 26.5 Å². The van der Waals surface area contributed by atoms with Crippen LogP contribution in [0.15, 0.2) is 102 Å². The monoisotopic (exact) mass is 542 g/mol. The number of imidazole rings is 1. The van der Waals surface area contributed by atoms with Crippen LogP contribution in [-0.4, -0.2) is 30.9 Å². The maximum atomic E-state index is 14.2. The van der Waals surface area contributed by atoms with Crippen molar-refractivity contribution in [1.29, 1.82) is 5.26 Å². The van der Waals surface area contributed by atoms with E-state index in [4.69, 9.17) is 5.26 Å². The SMILES string of the molecule is CNC(=O)c1cc2ccccc2[s+]1N(Cc1cncn1Cc1ccc(C#N)cc1)S(=O)(=O)c1ccccc1. The van der Waals surface area contributed by atoms with Crippen molar-refractivity contribution in [3.63, 3.8) is 0 Å². The van der Waals surface area contributed by atoms with Gasteiger partial charge in [-0.2, -0.15) is 5.26 Å². The van der Waals surface area contributed by atoms with Gasteiger partial charge in [0.25, 0.3) is 14.9 Å². The van der Waals surface area contributed by atoms with Crippen LogP contribution in [0.2, 0.25) is 0 Å². The Morgan fingerprint density at radius 2 is 1.76 bits per heavy atom. The Balaban J connectivity index is 1.64. The summed E-state index contributed by atoms with van der Waals surface area (Å²) in [4.78, 5) is 17.8. The quantitative estimate of drug-likeness (QED) is 0.289. The first kappa shape index (κ1) is 25.4. The predicted molar refractivity (Wildman–Crippen MR) is 148 cm³/mol. The highest BCUT2D eigenvalue weighted by Crippen LogP contribution is 2.42. The average Bonchev–Trinajstić information content (AvgIpc) is 3.56. The Kier molecular flexibility index (Phi) is 7.07. The average molecular weight is 543 g/mol. The maximum Gasteiger partial charge on any atom is 0.305 e. The molecule has 0 saturated carbocycles. The number of benzene rings is 3. The van der Waals surface area contributed by atoms with Crippen LogP contribution in [0.25, 0.3) is 10.1 Å². The molecule has 0 fully saturated rings. The topological polar surface area (TPSA) is 108 Å². The number of nitriles is 1. The minimum absolute atomic E-state index is 0.000708. The van der Waals surface area contributed by atoms with E-state index in [0.717, 1.165) is 15.6 Å². The van der Waals surface area contributed by atoms with Crippen LogP contribution >= 0.6 is 10.7 Å². The van der Waals surface area contributed by atoms with Crippen molar-refractivity contribution >= 4 is 36.7 Å². The minimum Gasteiger partial charge on any atom is -0.351 e. The third-order valence-electron chi connectivity index (χ3n) is 6.11. The lowest BCUT2D eigenvalue weighted by Gasteiger charge is -2.17. The van der Waals surface area contributed by atoms with E-state index < -0.39 is 20.7 Å². The molecular formula is C28H24N5O3S2+. The van der Waals surface area contributed by atoms with E-state index in [1.807, 2.05) is 41.0 Å². The second-order valence-electron chi connectivity index (χ2n) is 8.51. The summed E-state index contributed by atoms with van der Waals surface area (Å²) in [5.74, 6) is -0.330. The Morgan fingerprint density at radius 1 is 1.05 bits per heavy atom. The zero-order valence-electron chi connectivity index (χ0n) is 20.5. The second kappa shape index (κ2) is 10.6. The molecule has 0 radical (unpaired) electrons. The fourth-order valence-electron chi connectivity index (χ4n) is 4.18. The molecule has 38 heavy (non-hydrogen) atoms. The number of amides is 1. The van der Waals surface area contributed by atoms with Crippen molar-refractivity contribution in [2.75, 3.05) is 10.8 Å². The van der Waals surface area contributed by atoms with E-state index in [0.29, 0.717) is 22.7 Å². The molecular weight excluding hydrogens is 518 g/mol. The van der Waals surface area contributed by atoms with Crippen LogP contribution in [0.4, 0.5) is 0 Å². The fourth-order valence-corrected chi connectivity index (χ4v) is 8.76. The molecule has 5 rings (SSSR count). The lowest BCUT2D eigenvalue weighted by molar-refractivity contribution is 0.0967. The number of carbonyl (C=O) groups is 1. The van der Waals surface area contributed by atoms with E-state index in [-0.39, 0.29) is 17.3 Å². The minimum atomic E-state index is -4.03. The lowest BCUT2D eigenvalue weighted by Crippen LogP contribution is -2.32. The Labute approximate surface area is 223 Å². The van der Waals surface area contributed by atoms with E-state index in [1.54, 1.807) is 61.1 Å². The molecule has 8 nitrogen and oxygen atoms in total. The molecule has 1 N–H and O–H groups in total. The Bertz CT molecular complexity index is 1750. The number of rotatable bonds is 8. The molecule has 5 aromatic rings. The van der Waals surface area contributed by atoms with E-state index >= 15 is 0 Å². The fraction of sp³-hybridized carbons (Fsp3) is 0.107. The van der Waals surface area contributed by atoms with Gasteiger partial charge in [0.1, 0.15) is 17.2 Å². The molecule has 1 atom stereocenters. The number of nitrogens with one attached hydrogen (secondary N) is 1. The summed E-state index contributed by atoms with van der Waals surface area (Å²) < 4.78 is 32.4. The zero-order valence-corrected chi connectivity index (χ0v) is 22.1. The molecule has 0 bridgehead atoms. The van der Waals surface area contributed by atoms with Gasteiger partial charge in [-0.15, -0.1) is 0 Å². The van der Waals surface area contributed by atoms with Crippen molar-refractivity contribution in [2.24, 2.45) is 0 Å². The van der Waals surface area contributed by atoms with Gasteiger partial charge in [-0.1, -0.05) is 42.5 Å². The molecule has 0 aliphatic rings. The molecule has 0 spiro atoms. The number of carbonyl (C=O) groups excluding carboxylic acids is 1. The summed E-state index contributed by atoms with van der Waals surface area (Å²) in [6, 6.07) is 26.8. The number of fused-ring (bicyclic) bond motifs is 1. The number of aromatic nitrogens is 2. The molecule has 0 aliphatic heterocycles. The third kappa shape index (κ3) is 4.82. The first-order valence-electron chi connectivity index (χ1n) is 11.8. The van der Waals surface area contributed by atoms with Gasteiger partial charge in [-0.05, 0) is 35.9 Å². The molecule has 10 heteroatoms. The van der Waals surface area contributed by atoms with E-state index in [1.165, 1.54) is 10.8 Å². The number of sulfonamides is 1. The summed E-state index contributed by atoms with van der Waals surface area (Å²) in [7, 11) is -3.69. The highest BCUT2D eigenvalue weighted by Gasteiger charge is 2.41. The van der Waals surface area contributed by atoms with Gasteiger partial charge in [0.05, 0.1) is 28.5 Å². The van der Waals surface area contributed by atoms with Crippen LogP contribution in [0, 0.1) is 11.3 Å². The van der Waals surface area contributed by atoms with Crippen molar-refractivity contribution < 1.29 is 13.2 Å². The van der Waals surface area contributed by atoms with Crippen LogP contribution in [0.5, 0.6) is 0 Å². The van der Waals surface area contributed by atoms with Gasteiger partial charge in [-0.25, -0.2) is 13.4 Å². The van der Waals surface area contributed by atoms with Gasteiger partial charge < -0.3 is 9.88 Å². The molecule has 1 unspecified atom stereocenters. The second-order valence-corrected chi connectivity index (χ2v) is 12.5. The molecule has 3 aromatic carbocycles. The van der Waals surface area contributed by atoms with Gasteiger partial charge in [0, 0.05) is 41.0 Å². The van der Waals surface area contributed by atoms with Gasteiger partial charge in [-0.3, -0.25) is 4.79 Å². The van der Waals surface area contributed by atoms with Gasteiger partial charge in [0.15, 0.2) is 0 Å². The first-order valence-corrected chi connectivity index (χ1v) is 14.4. The summed E-state index contributed by atoms with van der Waals surface area (Å²) in [6.07, 6.45) is 3.30. The van der Waals surface area contributed by atoms with Crippen molar-refractivity contribution in [2.45, 2.75) is 18.0 Å². The number of thiophene rings is 1. The van der Waals surface area contributed by atoms with Crippen molar-refractivity contribution in [1.82, 2.24) is 14.9 Å². The molecule has 190 valence electrons. The van der Waals surface area contributed by atoms with Crippen LogP contribution in [-0.2, 0) is 23.1 Å². The van der Waals surface area contributed by atoms with Crippen LogP contribution in [0.3, 0.4) is 0 Å². The summed E-state index contributed by atoms with van der Waals surface area (Å²) in [5.41, 5.74) is 2.18. The highest BCUT2D eigenvalue weighted by molar-refractivity contribution is 7.97. The summed E-state index contributed by atoms with van der Waals surface area (Å²) in [6.45, 7) is 0.446. The Morgan fingerprint density at radius 3 is 2.47 bits per heavy atom. The van der Waals surface area contributed by atoms with Crippen LogP contribution < -0.4 is 9.03 Å². The smallest absolute Gasteiger partial charge is 0.305 e. The zero-order chi connectivity index (χ0) is 26.7. The van der Waals surface area contributed by atoms with E-state index in [9.17, 15) is 13.2 Å². The third-order valence-corrected chi connectivity index (χ3v) is 10.7. The molecule has 0 aliphatic carbocycles. The van der Waals surface area contributed by atoms with Gasteiger partial charge in [0.2, 0.25) is 4.70 Å². The summed E-state index contributed by atoms with van der Waals surface area (Å²) >= 11 is 0. The maximum absolute atomic E-state index is 14.2. The molecule has 0 saturated heterocycles. The number of hydrogen-bond acceptors (Lipinski definition) is 5. The highest BCUT2D eigenvalue weighted by atomic mass is 32.3. The summed E-state index contributed by atoms with van der Waals surface area (Å²) in [5, 5.41) is 12.6. The molecule has 1 amide bonds.